The third-order valence-electron chi connectivity index (χ3n) is 7.09. The molecule has 0 radical (unpaired) electrons. The van der Waals surface area contributed by atoms with Crippen molar-refractivity contribution in [2.45, 2.75) is 31.8 Å². The predicted molar refractivity (Wildman–Crippen MR) is 135 cm³/mol. The van der Waals surface area contributed by atoms with E-state index in [0.29, 0.717) is 46.5 Å². The second kappa shape index (κ2) is 8.40. The molecule has 1 atom stereocenters. The van der Waals surface area contributed by atoms with E-state index in [1.165, 1.54) is 17.2 Å². The monoisotopic (exact) mass is 497 g/mol. The first-order valence-electron chi connectivity index (χ1n) is 11.9. The predicted octanol–water partition coefficient (Wildman–Crippen LogP) is 2.44. The van der Waals surface area contributed by atoms with Gasteiger partial charge in [0.05, 0.1) is 35.1 Å². The fourth-order valence-electron chi connectivity index (χ4n) is 5.26. The second-order valence-electron chi connectivity index (χ2n) is 9.26. The van der Waals surface area contributed by atoms with E-state index in [4.69, 9.17) is 0 Å². The van der Waals surface area contributed by atoms with Gasteiger partial charge in [-0.1, -0.05) is 24.3 Å². The first-order valence-corrected chi connectivity index (χ1v) is 11.9. The van der Waals surface area contributed by atoms with E-state index in [1.54, 1.807) is 52.3 Å². The van der Waals surface area contributed by atoms with E-state index in [-0.39, 0.29) is 36.2 Å². The fourth-order valence-corrected chi connectivity index (χ4v) is 5.26. The number of rotatable bonds is 5. The van der Waals surface area contributed by atoms with Crippen LogP contribution in [0.2, 0.25) is 0 Å². The average molecular weight is 498 g/mol. The first kappa shape index (κ1) is 22.7. The lowest BCUT2D eigenvalue weighted by atomic mass is 9.98. The van der Waals surface area contributed by atoms with Crippen LogP contribution in [0.15, 0.2) is 65.8 Å². The minimum Gasteiger partial charge on any atom is -0.324 e. The number of aromatic amines is 1. The van der Waals surface area contributed by atoms with Gasteiger partial charge in [0, 0.05) is 19.4 Å². The van der Waals surface area contributed by atoms with Crippen LogP contribution in [0.3, 0.4) is 0 Å². The van der Waals surface area contributed by atoms with Crippen molar-refractivity contribution in [3.05, 3.63) is 77.0 Å². The smallest absolute Gasteiger partial charge is 0.261 e. The standard InChI is InChI=1S/C26H23N7O4/c1-26-12-10-22(35)32(26)19-8-4-2-6-16(19)25(37)31(26)13-11-21(34)30-18-7-3-5-9-20(18)33-23-17(14-29-33)24(36)28-15-27-23/h2-9,14-15H,10-13H2,1H3,(H,30,34)(H,27,28,36). The molecule has 0 aliphatic carbocycles. The van der Waals surface area contributed by atoms with Crippen LogP contribution in [0.1, 0.15) is 36.5 Å². The number of H-pyrrole nitrogens is 1. The van der Waals surface area contributed by atoms with Gasteiger partial charge in [-0.3, -0.25) is 24.1 Å². The van der Waals surface area contributed by atoms with Gasteiger partial charge in [0.15, 0.2) is 5.65 Å². The normalized spacial score (nSPS) is 18.7. The Morgan fingerprint density at radius 1 is 1.08 bits per heavy atom. The topological polar surface area (TPSA) is 133 Å². The summed E-state index contributed by atoms with van der Waals surface area (Å²) >= 11 is 0. The Bertz CT molecular complexity index is 1640. The van der Waals surface area contributed by atoms with Crippen molar-refractivity contribution in [3.8, 4) is 5.69 Å². The summed E-state index contributed by atoms with van der Waals surface area (Å²) in [6, 6.07) is 14.1. The Hall–Kier alpha value is -4.80. The second-order valence-corrected chi connectivity index (χ2v) is 9.26. The van der Waals surface area contributed by atoms with Crippen molar-refractivity contribution in [2.24, 2.45) is 0 Å². The number of benzene rings is 2. The van der Waals surface area contributed by atoms with Gasteiger partial charge in [-0.25, -0.2) is 9.67 Å². The number of fused-ring (bicyclic) bond motifs is 4. The van der Waals surface area contributed by atoms with Gasteiger partial charge in [-0.15, -0.1) is 0 Å². The van der Waals surface area contributed by atoms with Gasteiger partial charge in [0.1, 0.15) is 11.0 Å². The number of nitrogens with one attached hydrogen (secondary N) is 2. The van der Waals surface area contributed by atoms with Crippen molar-refractivity contribution in [3.63, 3.8) is 0 Å². The highest BCUT2D eigenvalue weighted by molar-refractivity contribution is 6.10. The molecule has 2 aliphatic rings. The molecule has 37 heavy (non-hydrogen) atoms. The Kier molecular flexibility index (Phi) is 5.14. The molecule has 186 valence electrons. The zero-order chi connectivity index (χ0) is 25.7. The quantitative estimate of drug-likeness (QED) is 0.435. The maximum Gasteiger partial charge on any atom is 0.261 e. The molecule has 1 unspecified atom stereocenters. The highest BCUT2D eigenvalue weighted by Crippen LogP contribution is 2.44. The number of nitrogens with zero attached hydrogens (tertiary/aromatic N) is 5. The molecule has 3 amide bonds. The molecular formula is C26H23N7O4. The molecule has 11 heteroatoms. The van der Waals surface area contributed by atoms with Crippen LogP contribution in [0.5, 0.6) is 0 Å². The molecule has 4 heterocycles. The molecule has 2 aromatic carbocycles. The van der Waals surface area contributed by atoms with Gasteiger partial charge in [0.25, 0.3) is 11.5 Å². The van der Waals surface area contributed by atoms with Crippen LogP contribution in [0, 0.1) is 0 Å². The minimum absolute atomic E-state index is 0.0254. The van der Waals surface area contributed by atoms with E-state index < -0.39 is 5.66 Å². The summed E-state index contributed by atoms with van der Waals surface area (Å²) in [5.41, 5.74) is 1.33. The molecule has 2 aromatic heterocycles. The van der Waals surface area contributed by atoms with E-state index in [2.05, 4.69) is 20.4 Å². The van der Waals surface area contributed by atoms with Crippen LogP contribution in [-0.4, -0.2) is 54.6 Å². The van der Waals surface area contributed by atoms with Crippen LogP contribution >= 0.6 is 0 Å². The average Bonchev–Trinajstić information content (AvgIpc) is 3.46. The lowest BCUT2D eigenvalue weighted by Crippen LogP contribution is -2.62. The van der Waals surface area contributed by atoms with Crippen molar-refractivity contribution < 1.29 is 14.4 Å². The third-order valence-corrected chi connectivity index (χ3v) is 7.09. The van der Waals surface area contributed by atoms with Crippen molar-refractivity contribution in [2.75, 3.05) is 16.8 Å². The van der Waals surface area contributed by atoms with Gasteiger partial charge in [-0.05, 0) is 37.6 Å². The molecule has 0 saturated carbocycles. The molecular weight excluding hydrogens is 474 g/mol. The summed E-state index contributed by atoms with van der Waals surface area (Å²) in [7, 11) is 0. The molecule has 1 fully saturated rings. The van der Waals surface area contributed by atoms with E-state index >= 15 is 0 Å². The number of amides is 3. The maximum atomic E-state index is 13.4. The Labute approximate surface area is 210 Å². The summed E-state index contributed by atoms with van der Waals surface area (Å²) < 4.78 is 1.49. The maximum absolute atomic E-state index is 13.4. The van der Waals surface area contributed by atoms with Crippen molar-refractivity contribution in [1.29, 1.82) is 0 Å². The minimum atomic E-state index is -0.826. The van der Waals surface area contributed by atoms with Gasteiger partial charge in [0.2, 0.25) is 11.8 Å². The summed E-state index contributed by atoms with van der Waals surface area (Å²) in [5.74, 6) is -0.540. The number of anilines is 2. The lowest BCUT2D eigenvalue weighted by Gasteiger charge is -2.48. The van der Waals surface area contributed by atoms with E-state index in [1.807, 2.05) is 13.0 Å². The molecule has 2 N–H and O–H groups in total. The van der Waals surface area contributed by atoms with Crippen LogP contribution < -0.4 is 15.8 Å². The summed E-state index contributed by atoms with van der Waals surface area (Å²) in [4.78, 5) is 61.4. The SMILES string of the molecule is CC12CCC(=O)N1c1ccccc1C(=O)N2CCC(=O)Nc1ccccc1-n1ncc2c(=O)[nH]cnc21. The van der Waals surface area contributed by atoms with Crippen LogP contribution in [0.4, 0.5) is 11.4 Å². The summed E-state index contributed by atoms with van der Waals surface area (Å²) in [5, 5.41) is 7.52. The number of hydrogen-bond acceptors (Lipinski definition) is 6. The number of aromatic nitrogens is 4. The van der Waals surface area contributed by atoms with Crippen LogP contribution in [0.25, 0.3) is 16.7 Å². The highest BCUT2D eigenvalue weighted by Gasteiger charge is 2.52. The largest absolute Gasteiger partial charge is 0.324 e. The third kappa shape index (κ3) is 3.50. The Morgan fingerprint density at radius 2 is 1.84 bits per heavy atom. The molecule has 1 saturated heterocycles. The van der Waals surface area contributed by atoms with Gasteiger partial charge < -0.3 is 15.2 Å². The van der Waals surface area contributed by atoms with Gasteiger partial charge >= 0.3 is 0 Å². The molecule has 0 spiro atoms. The number of para-hydroxylation sites is 3. The Morgan fingerprint density at radius 3 is 2.68 bits per heavy atom. The molecule has 4 aromatic rings. The lowest BCUT2D eigenvalue weighted by molar-refractivity contribution is -0.117. The number of hydrogen-bond donors (Lipinski definition) is 2. The van der Waals surface area contributed by atoms with Crippen molar-refractivity contribution >= 4 is 40.1 Å². The van der Waals surface area contributed by atoms with Gasteiger partial charge in [-0.2, -0.15) is 5.10 Å². The fraction of sp³-hybridized carbons (Fsp3) is 0.231. The highest BCUT2D eigenvalue weighted by atomic mass is 16.2. The Balaban J connectivity index is 1.25. The number of carbonyl (C=O) groups is 3. The first-order chi connectivity index (χ1) is 17.9. The zero-order valence-corrected chi connectivity index (χ0v) is 20.0. The zero-order valence-electron chi connectivity index (χ0n) is 20.0. The summed E-state index contributed by atoms with van der Waals surface area (Å²) in [6.07, 6.45) is 3.58. The molecule has 11 nitrogen and oxygen atoms in total. The van der Waals surface area contributed by atoms with Crippen molar-refractivity contribution in [1.82, 2.24) is 24.6 Å². The van der Waals surface area contributed by atoms with E-state index in [0.717, 1.165) is 0 Å². The van der Waals surface area contributed by atoms with E-state index in [9.17, 15) is 19.2 Å². The molecule has 2 aliphatic heterocycles. The number of carbonyl (C=O) groups excluding carboxylic acids is 3. The molecule has 6 rings (SSSR count). The molecule has 0 bridgehead atoms. The summed E-state index contributed by atoms with van der Waals surface area (Å²) in [6.45, 7) is 2.01. The van der Waals surface area contributed by atoms with Crippen LogP contribution in [-0.2, 0) is 9.59 Å².